The predicted octanol–water partition coefficient (Wildman–Crippen LogP) is 7.18. The molecule has 9 heteroatoms. The number of aromatic nitrogens is 2. The molecule has 7 nitrogen and oxygen atoms in total. The zero-order chi connectivity index (χ0) is 27.2. The molecule has 0 spiro atoms. The molecule has 37 heavy (non-hydrogen) atoms. The molecule has 1 amide bonds. The standard InChI is InChI=1S/C28H37N3O4SSi/c1-27(2,3)34-26(33)31-23(17-36-25(31)18-10-9-13-29-15-18)24(32)21-16-30-22-14-19(11-12-20(21)22)35-37(7,8)28(4,5)6/h9-16,23,25,30H,17H2,1-8H3/t23-,25?/m0/s1. The fraction of sp³-hybridized carbons (Fsp3) is 0.464. The van der Waals surface area contributed by atoms with E-state index in [0.29, 0.717) is 11.3 Å². The number of hydrogen-bond acceptors (Lipinski definition) is 6. The summed E-state index contributed by atoms with van der Waals surface area (Å²) in [4.78, 5) is 36.3. The summed E-state index contributed by atoms with van der Waals surface area (Å²) in [6, 6.07) is 8.92. The second-order valence-electron chi connectivity index (χ2n) is 12.0. The minimum atomic E-state index is -2.00. The number of pyridine rings is 1. The van der Waals surface area contributed by atoms with Crippen LogP contribution in [0.5, 0.6) is 5.75 Å². The van der Waals surface area contributed by atoms with Gasteiger partial charge in [-0.3, -0.25) is 14.7 Å². The van der Waals surface area contributed by atoms with Gasteiger partial charge in [0.25, 0.3) is 0 Å². The van der Waals surface area contributed by atoms with Gasteiger partial charge in [-0.25, -0.2) is 4.79 Å². The van der Waals surface area contributed by atoms with E-state index in [1.54, 1.807) is 35.3 Å². The maximum absolute atomic E-state index is 13.9. The fourth-order valence-corrected chi connectivity index (χ4v) is 6.45. The molecule has 0 aliphatic carbocycles. The third-order valence-corrected chi connectivity index (χ3v) is 12.7. The van der Waals surface area contributed by atoms with Crippen LogP contribution >= 0.6 is 11.8 Å². The van der Waals surface area contributed by atoms with Gasteiger partial charge < -0.3 is 14.1 Å². The lowest BCUT2D eigenvalue weighted by atomic mass is 10.0. The van der Waals surface area contributed by atoms with Crippen LogP contribution in [0.4, 0.5) is 4.79 Å². The lowest BCUT2D eigenvalue weighted by Crippen LogP contribution is -2.45. The number of ether oxygens (including phenoxy) is 1. The summed E-state index contributed by atoms with van der Waals surface area (Å²) in [5.74, 6) is 1.15. The monoisotopic (exact) mass is 539 g/mol. The minimum Gasteiger partial charge on any atom is -0.543 e. The zero-order valence-electron chi connectivity index (χ0n) is 22.9. The largest absolute Gasteiger partial charge is 0.543 e. The van der Waals surface area contributed by atoms with Crippen LogP contribution in [0.15, 0.2) is 48.9 Å². The summed E-state index contributed by atoms with van der Waals surface area (Å²) >= 11 is 1.55. The first-order valence-electron chi connectivity index (χ1n) is 12.6. The molecule has 4 rings (SSSR count). The van der Waals surface area contributed by atoms with Gasteiger partial charge in [0.05, 0.1) is 0 Å². The van der Waals surface area contributed by atoms with Crippen molar-refractivity contribution in [2.75, 3.05) is 5.75 Å². The Kier molecular flexibility index (Phi) is 7.24. The van der Waals surface area contributed by atoms with Crippen LogP contribution in [0, 0.1) is 0 Å². The van der Waals surface area contributed by atoms with E-state index < -0.39 is 26.1 Å². The first-order valence-corrected chi connectivity index (χ1v) is 16.5. The second-order valence-corrected chi connectivity index (χ2v) is 17.8. The minimum absolute atomic E-state index is 0.0783. The van der Waals surface area contributed by atoms with E-state index >= 15 is 0 Å². The first kappa shape index (κ1) is 27.3. The van der Waals surface area contributed by atoms with Gasteiger partial charge in [0, 0.05) is 52.4 Å². The average molecular weight is 540 g/mol. The summed E-state index contributed by atoms with van der Waals surface area (Å²) in [6.45, 7) is 16.5. The molecule has 1 fully saturated rings. The maximum atomic E-state index is 13.9. The second kappa shape index (κ2) is 9.83. The number of hydrogen-bond donors (Lipinski definition) is 1. The molecule has 1 saturated heterocycles. The number of aromatic amines is 1. The molecule has 3 aromatic rings. The number of nitrogens with one attached hydrogen (secondary N) is 1. The Balaban J connectivity index is 1.65. The van der Waals surface area contributed by atoms with Crippen LogP contribution in [0.3, 0.4) is 0 Å². The van der Waals surface area contributed by atoms with Crippen molar-refractivity contribution in [2.45, 2.75) is 76.7 Å². The first-order chi connectivity index (χ1) is 17.2. The summed E-state index contributed by atoms with van der Waals surface area (Å²) in [6.07, 6.45) is 4.66. The highest BCUT2D eigenvalue weighted by Gasteiger charge is 2.45. The Morgan fingerprint density at radius 2 is 1.86 bits per heavy atom. The average Bonchev–Trinajstić information content (AvgIpc) is 3.41. The number of amides is 1. The van der Waals surface area contributed by atoms with Crippen molar-refractivity contribution in [1.29, 1.82) is 0 Å². The molecule has 0 saturated carbocycles. The van der Waals surface area contributed by atoms with Crippen molar-refractivity contribution < 1.29 is 18.8 Å². The van der Waals surface area contributed by atoms with Gasteiger partial charge in [0.2, 0.25) is 8.32 Å². The fourth-order valence-electron chi connectivity index (χ4n) is 4.02. The Morgan fingerprint density at radius 1 is 1.14 bits per heavy atom. The molecule has 0 bridgehead atoms. The topological polar surface area (TPSA) is 84.5 Å². The number of Topliss-reactive ketones (excluding diaryl/α,β-unsaturated/α-hetero) is 1. The molecule has 2 aromatic heterocycles. The SMILES string of the molecule is CC(C)(C)OC(=O)N1C(c2cccnc2)SC[C@H]1C(=O)c1c[nH]c2cc(O[Si](C)(C)C(C)(C)C)ccc12. The van der Waals surface area contributed by atoms with Crippen molar-refractivity contribution in [3.63, 3.8) is 0 Å². The molecule has 2 atom stereocenters. The predicted molar refractivity (Wildman–Crippen MR) is 152 cm³/mol. The quantitative estimate of drug-likeness (QED) is 0.273. The number of benzene rings is 1. The van der Waals surface area contributed by atoms with Crippen LogP contribution in [-0.2, 0) is 4.74 Å². The van der Waals surface area contributed by atoms with Gasteiger partial charge in [-0.1, -0.05) is 26.8 Å². The van der Waals surface area contributed by atoms with E-state index in [1.165, 1.54) is 0 Å². The van der Waals surface area contributed by atoms with Gasteiger partial charge in [-0.15, -0.1) is 11.8 Å². The van der Waals surface area contributed by atoms with Crippen molar-refractivity contribution >= 4 is 42.9 Å². The molecular weight excluding hydrogens is 502 g/mol. The third kappa shape index (κ3) is 5.72. The van der Waals surface area contributed by atoms with Crippen LogP contribution in [0.1, 0.15) is 62.8 Å². The number of fused-ring (bicyclic) bond motifs is 1. The lowest BCUT2D eigenvalue weighted by Gasteiger charge is -2.36. The van der Waals surface area contributed by atoms with Crippen molar-refractivity contribution in [2.24, 2.45) is 0 Å². The Labute approximate surface area is 224 Å². The van der Waals surface area contributed by atoms with E-state index in [2.05, 4.69) is 43.8 Å². The molecule has 1 aliphatic rings. The number of H-pyrrole nitrogens is 1. The molecule has 1 aromatic carbocycles. The van der Waals surface area contributed by atoms with Gasteiger partial charge in [-0.05, 0) is 57.1 Å². The summed E-state index contributed by atoms with van der Waals surface area (Å²) in [7, 11) is -2.00. The van der Waals surface area contributed by atoms with Gasteiger partial charge >= 0.3 is 6.09 Å². The normalized spacial score (nSPS) is 18.8. The maximum Gasteiger partial charge on any atom is 0.412 e. The molecule has 1 N–H and O–H groups in total. The van der Waals surface area contributed by atoms with Gasteiger partial charge in [-0.2, -0.15) is 0 Å². The number of carbonyl (C=O) groups is 2. The third-order valence-electron chi connectivity index (χ3n) is 6.97. The van der Waals surface area contributed by atoms with Gasteiger partial charge in [0.15, 0.2) is 5.78 Å². The Hall–Kier alpha value is -2.78. The van der Waals surface area contributed by atoms with E-state index in [9.17, 15) is 9.59 Å². The number of carbonyl (C=O) groups excluding carboxylic acids is 2. The zero-order valence-corrected chi connectivity index (χ0v) is 24.7. The van der Waals surface area contributed by atoms with Crippen LogP contribution < -0.4 is 4.43 Å². The van der Waals surface area contributed by atoms with Crippen molar-refractivity contribution in [3.8, 4) is 5.75 Å². The highest BCUT2D eigenvalue weighted by Crippen LogP contribution is 2.43. The van der Waals surface area contributed by atoms with Gasteiger partial charge in [0.1, 0.15) is 22.8 Å². The van der Waals surface area contributed by atoms with Crippen LogP contribution in [0.2, 0.25) is 18.1 Å². The highest BCUT2D eigenvalue weighted by molar-refractivity contribution is 7.99. The number of nitrogens with zero attached hydrogens (tertiary/aromatic N) is 2. The Morgan fingerprint density at radius 3 is 2.49 bits per heavy atom. The number of thioether (sulfide) groups is 1. The summed E-state index contributed by atoms with van der Waals surface area (Å²) < 4.78 is 12.2. The summed E-state index contributed by atoms with van der Waals surface area (Å²) in [5, 5.41) is 0.536. The molecular formula is C28H37N3O4SSi. The lowest BCUT2D eigenvalue weighted by molar-refractivity contribution is 0.0173. The molecule has 1 unspecified atom stereocenters. The molecule has 0 radical (unpaired) electrons. The highest BCUT2D eigenvalue weighted by atomic mass is 32.2. The smallest absolute Gasteiger partial charge is 0.412 e. The molecule has 3 heterocycles. The summed E-state index contributed by atoms with van der Waals surface area (Å²) in [5.41, 5.74) is 1.57. The van der Waals surface area contributed by atoms with Crippen molar-refractivity contribution in [3.05, 3.63) is 60.0 Å². The number of ketones is 1. The van der Waals surface area contributed by atoms with E-state index in [-0.39, 0.29) is 16.2 Å². The van der Waals surface area contributed by atoms with Crippen LogP contribution in [0.25, 0.3) is 10.9 Å². The molecule has 1 aliphatic heterocycles. The Bertz CT molecular complexity index is 1290. The van der Waals surface area contributed by atoms with E-state index in [0.717, 1.165) is 22.2 Å². The van der Waals surface area contributed by atoms with Crippen LogP contribution in [-0.4, -0.2) is 52.5 Å². The van der Waals surface area contributed by atoms with Crippen molar-refractivity contribution in [1.82, 2.24) is 14.9 Å². The van der Waals surface area contributed by atoms with E-state index in [1.807, 2.05) is 51.1 Å². The van der Waals surface area contributed by atoms with E-state index in [4.69, 9.17) is 9.16 Å². The molecule has 198 valence electrons. The number of rotatable bonds is 5.